The zero-order valence-electron chi connectivity index (χ0n) is 11.8. The van der Waals surface area contributed by atoms with Crippen LogP contribution in [-0.4, -0.2) is 28.2 Å². The average Bonchev–Trinajstić information content (AvgIpc) is 2.85. The van der Waals surface area contributed by atoms with Crippen LogP contribution < -0.4 is 5.32 Å². The molecule has 19 heavy (non-hydrogen) atoms. The van der Waals surface area contributed by atoms with E-state index in [4.69, 9.17) is 0 Å². The number of nitrogens with zero attached hydrogens (tertiary/aromatic N) is 1. The summed E-state index contributed by atoms with van der Waals surface area (Å²) >= 11 is 0. The van der Waals surface area contributed by atoms with Crippen LogP contribution in [0.4, 0.5) is 0 Å². The lowest BCUT2D eigenvalue weighted by atomic mass is 9.87. The molecule has 1 aromatic rings. The molecule has 0 radical (unpaired) electrons. The first kappa shape index (κ1) is 14.1. The van der Waals surface area contributed by atoms with Crippen LogP contribution in [0.2, 0.25) is 0 Å². The molecule has 2 N–H and O–H groups in total. The molecule has 4 nitrogen and oxygen atoms in total. The van der Waals surface area contributed by atoms with Crippen molar-refractivity contribution in [3.8, 4) is 0 Å². The SMILES string of the molecule is CC(C)n1cccc1C(=O)NCC1CCCC(O)C1. The molecule has 2 unspecified atom stereocenters. The lowest BCUT2D eigenvalue weighted by Gasteiger charge is -2.26. The third kappa shape index (κ3) is 3.60. The molecule has 0 aromatic carbocycles. The van der Waals surface area contributed by atoms with Gasteiger partial charge in [0.1, 0.15) is 5.69 Å². The summed E-state index contributed by atoms with van der Waals surface area (Å²) in [5.41, 5.74) is 0.714. The van der Waals surface area contributed by atoms with Gasteiger partial charge in [-0.25, -0.2) is 0 Å². The van der Waals surface area contributed by atoms with Gasteiger partial charge in [0.2, 0.25) is 0 Å². The number of aromatic nitrogens is 1. The number of hydrogen-bond donors (Lipinski definition) is 2. The zero-order valence-corrected chi connectivity index (χ0v) is 11.8. The number of rotatable bonds is 4. The Morgan fingerprint density at radius 1 is 1.53 bits per heavy atom. The Bertz CT molecular complexity index is 426. The van der Waals surface area contributed by atoms with E-state index in [1.807, 2.05) is 22.9 Å². The van der Waals surface area contributed by atoms with E-state index in [0.717, 1.165) is 25.7 Å². The summed E-state index contributed by atoms with van der Waals surface area (Å²) in [5.74, 6) is 0.397. The smallest absolute Gasteiger partial charge is 0.267 e. The minimum Gasteiger partial charge on any atom is -0.393 e. The fraction of sp³-hybridized carbons (Fsp3) is 0.667. The number of hydrogen-bond acceptors (Lipinski definition) is 2. The highest BCUT2D eigenvalue weighted by Crippen LogP contribution is 2.23. The van der Waals surface area contributed by atoms with Gasteiger partial charge in [0.25, 0.3) is 5.91 Å². The normalized spacial score (nSPS) is 23.6. The van der Waals surface area contributed by atoms with Crippen molar-refractivity contribution in [3.63, 3.8) is 0 Å². The Labute approximate surface area is 114 Å². The van der Waals surface area contributed by atoms with Crippen molar-refractivity contribution in [3.05, 3.63) is 24.0 Å². The molecule has 1 heterocycles. The van der Waals surface area contributed by atoms with Crippen molar-refractivity contribution in [2.75, 3.05) is 6.54 Å². The Kier molecular flexibility index (Phi) is 4.64. The fourth-order valence-electron chi connectivity index (χ4n) is 2.81. The third-order valence-electron chi connectivity index (χ3n) is 3.87. The largest absolute Gasteiger partial charge is 0.393 e. The molecule has 2 rings (SSSR count). The molecule has 106 valence electrons. The van der Waals surface area contributed by atoms with Crippen molar-refractivity contribution in [2.24, 2.45) is 5.92 Å². The minimum atomic E-state index is -0.185. The minimum absolute atomic E-state index is 0.0150. The zero-order chi connectivity index (χ0) is 13.8. The van der Waals surface area contributed by atoms with E-state index in [2.05, 4.69) is 19.2 Å². The van der Waals surface area contributed by atoms with Gasteiger partial charge in [-0.1, -0.05) is 6.42 Å². The third-order valence-corrected chi connectivity index (χ3v) is 3.87. The Morgan fingerprint density at radius 2 is 2.32 bits per heavy atom. The van der Waals surface area contributed by atoms with Gasteiger partial charge in [0.15, 0.2) is 0 Å². The van der Waals surface area contributed by atoms with Crippen LogP contribution in [-0.2, 0) is 0 Å². The Balaban J connectivity index is 1.88. The van der Waals surface area contributed by atoms with Gasteiger partial charge in [-0.3, -0.25) is 4.79 Å². The first-order valence-corrected chi connectivity index (χ1v) is 7.21. The number of aliphatic hydroxyl groups excluding tert-OH is 1. The van der Waals surface area contributed by atoms with E-state index in [9.17, 15) is 9.90 Å². The van der Waals surface area contributed by atoms with Gasteiger partial charge in [-0.05, 0) is 51.2 Å². The lowest BCUT2D eigenvalue weighted by Crippen LogP contribution is -2.34. The molecule has 0 saturated heterocycles. The number of nitrogens with one attached hydrogen (secondary N) is 1. The van der Waals surface area contributed by atoms with Gasteiger partial charge in [-0.15, -0.1) is 0 Å². The summed E-state index contributed by atoms with van der Waals surface area (Å²) in [5, 5.41) is 12.6. The van der Waals surface area contributed by atoms with Crippen LogP contribution in [0.5, 0.6) is 0 Å². The maximum Gasteiger partial charge on any atom is 0.267 e. The van der Waals surface area contributed by atoms with Crippen LogP contribution >= 0.6 is 0 Å². The predicted molar refractivity (Wildman–Crippen MR) is 75.1 cm³/mol. The van der Waals surface area contributed by atoms with Gasteiger partial charge in [0.05, 0.1) is 6.10 Å². The van der Waals surface area contributed by atoms with E-state index >= 15 is 0 Å². The van der Waals surface area contributed by atoms with Crippen molar-refractivity contribution in [1.82, 2.24) is 9.88 Å². The summed E-state index contributed by atoms with van der Waals surface area (Å²) in [6, 6.07) is 4.04. The number of carbonyl (C=O) groups excluding carboxylic acids is 1. The van der Waals surface area contributed by atoms with E-state index in [1.165, 1.54) is 0 Å². The Morgan fingerprint density at radius 3 is 3.00 bits per heavy atom. The fourth-order valence-corrected chi connectivity index (χ4v) is 2.81. The van der Waals surface area contributed by atoms with Crippen LogP contribution in [0, 0.1) is 5.92 Å². The molecule has 4 heteroatoms. The second-order valence-corrected chi connectivity index (χ2v) is 5.79. The van der Waals surface area contributed by atoms with Gasteiger partial charge in [0, 0.05) is 18.8 Å². The molecule has 0 aliphatic heterocycles. The topological polar surface area (TPSA) is 54.3 Å². The van der Waals surface area contributed by atoms with Gasteiger partial charge in [-0.2, -0.15) is 0 Å². The van der Waals surface area contributed by atoms with E-state index in [1.54, 1.807) is 0 Å². The van der Waals surface area contributed by atoms with Crippen molar-refractivity contribution in [1.29, 1.82) is 0 Å². The predicted octanol–water partition coefficient (Wildman–Crippen LogP) is 2.35. The van der Waals surface area contributed by atoms with Gasteiger partial charge >= 0.3 is 0 Å². The van der Waals surface area contributed by atoms with Crippen LogP contribution in [0.3, 0.4) is 0 Å². The molecular formula is C15H24N2O2. The van der Waals surface area contributed by atoms with Crippen LogP contribution in [0.25, 0.3) is 0 Å². The van der Waals surface area contributed by atoms with Gasteiger partial charge < -0.3 is 15.0 Å². The molecule has 1 amide bonds. The van der Waals surface area contributed by atoms with E-state index in [0.29, 0.717) is 18.2 Å². The molecule has 1 saturated carbocycles. The molecule has 1 aliphatic carbocycles. The molecule has 0 spiro atoms. The highest BCUT2D eigenvalue weighted by molar-refractivity contribution is 5.92. The van der Waals surface area contributed by atoms with E-state index < -0.39 is 0 Å². The quantitative estimate of drug-likeness (QED) is 0.877. The van der Waals surface area contributed by atoms with Crippen LogP contribution in [0.15, 0.2) is 18.3 Å². The molecule has 1 aliphatic rings. The van der Waals surface area contributed by atoms with E-state index in [-0.39, 0.29) is 18.1 Å². The highest BCUT2D eigenvalue weighted by atomic mass is 16.3. The highest BCUT2D eigenvalue weighted by Gasteiger charge is 2.21. The standard InChI is InChI=1S/C15H24N2O2/c1-11(2)17-8-4-7-14(17)15(19)16-10-12-5-3-6-13(18)9-12/h4,7-8,11-13,18H,3,5-6,9-10H2,1-2H3,(H,16,19). The van der Waals surface area contributed by atoms with Crippen LogP contribution in [0.1, 0.15) is 56.1 Å². The molecule has 2 atom stereocenters. The van der Waals surface area contributed by atoms with Crippen molar-refractivity contribution >= 4 is 5.91 Å². The molecular weight excluding hydrogens is 240 g/mol. The second-order valence-electron chi connectivity index (χ2n) is 5.79. The second kappa shape index (κ2) is 6.24. The summed E-state index contributed by atoms with van der Waals surface area (Å²) in [7, 11) is 0. The summed E-state index contributed by atoms with van der Waals surface area (Å²) in [4.78, 5) is 12.2. The number of carbonyl (C=O) groups is 1. The number of amides is 1. The Hall–Kier alpha value is -1.29. The monoisotopic (exact) mass is 264 g/mol. The maximum atomic E-state index is 12.2. The van der Waals surface area contributed by atoms with Crippen molar-refractivity contribution in [2.45, 2.75) is 51.7 Å². The first-order chi connectivity index (χ1) is 9.08. The first-order valence-electron chi connectivity index (χ1n) is 7.21. The summed E-state index contributed by atoms with van der Waals surface area (Å²) < 4.78 is 1.98. The number of aliphatic hydroxyl groups is 1. The van der Waals surface area contributed by atoms with Crippen molar-refractivity contribution < 1.29 is 9.90 Å². The molecule has 0 bridgehead atoms. The molecule has 1 aromatic heterocycles. The average molecular weight is 264 g/mol. The summed E-state index contributed by atoms with van der Waals surface area (Å²) in [6.45, 7) is 4.79. The lowest BCUT2D eigenvalue weighted by molar-refractivity contribution is 0.0866. The maximum absolute atomic E-state index is 12.2. The molecule has 1 fully saturated rings. The summed E-state index contributed by atoms with van der Waals surface area (Å²) in [6.07, 6.45) is 5.62.